The minimum Gasteiger partial charge on any atom is -0.497 e. The molecule has 168 valence electrons. The van der Waals surface area contributed by atoms with Crippen LogP contribution >= 0.6 is 0 Å². The average Bonchev–Trinajstić information content (AvgIpc) is 3.55. The molecule has 1 aliphatic rings. The highest BCUT2D eigenvalue weighted by molar-refractivity contribution is 5.97. The Hall–Kier alpha value is -2.96. The number of benzene rings is 1. The average molecular weight is 428 g/mol. The maximum absolute atomic E-state index is 13.3. The van der Waals surface area contributed by atoms with Gasteiger partial charge in [-0.1, -0.05) is 13.3 Å². The van der Waals surface area contributed by atoms with Gasteiger partial charge >= 0.3 is 0 Å². The van der Waals surface area contributed by atoms with E-state index in [1.54, 1.807) is 37.3 Å². The third kappa shape index (κ3) is 5.81. The number of hydrogen-bond acceptors (Lipinski definition) is 4. The maximum atomic E-state index is 13.3. The van der Waals surface area contributed by atoms with Gasteiger partial charge in [0, 0.05) is 43.2 Å². The maximum Gasteiger partial charge on any atom is 0.254 e. The van der Waals surface area contributed by atoms with Crippen molar-refractivity contribution < 1.29 is 19.1 Å². The van der Waals surface area contributed by atoms with Crippen LogP contribution in [0.25, 0.3) is 0 Å². The van der Waals surface area contributed by atoms with Crippen LogP contribution in [-0.2, 0) is 18.4 Å². The predicted octanol–water partition coefficient (Wildman–Crippen LogP) is 3.48. The van der Waals surface area contributed by atoms with Crippen molar-refractivity contribution in [2.24, 2.45) is 7.05 Å². The standard InChI is InChI=1S/C24H33N3O4/c1-5-6-12-26(24(29)18-13-21(30-3)15-22(14-18)31-4)17-23(28)27(19-9-10-19)16-20-8-7-11-25(20)2/h7-8,11,13-15,19H,5-6,9-10,12,16-17H2,1-4H3. The molecule has 1 fully saturated rings. The molecule has 0 aliphatic heterocycles. The minimum absolute atomic E-state index is 0.0111. The Kier molecular flexibility index (Phi) is 7.60. The molecule has 1 aromatic carbocycles. The molecule has 2 aromatic rings. The van der Waals surface area contributed by atoms with E-state index < -0.39 is 0 Å². The third-order valence-electron chi connectivity index (χ3n) is 5.68. The van der Waals surface area contributed by atoms with E-state index in [1.165, 1.54) is 0 Å². The van der Waals surface area contributed by atoms with E-state index in [0.717, 1.165) is 31.4 Å². The van der Waals surface area contributed by atoms with Crippen molar-refractivity contribution in [3.05, 3.63) is 47.8 Å². The molecular weight excluding hydrogens is 394 g/mol. The van der Waals surface area contributed by atoms with Crippen LogP contribution in [0.3, 0.4) is 0 Å². The summed E-state index contributed by atoms with van der Waals surface area (Å²) in [5.74, 6) is 0.900. The monoisotopic (exact) mass is 427 g/mol. The van der Waals surface area contributed by atoms with Crippen LogP contribution in [0.15, 0.2) is 36.5 Å². The molecule has 1 heterocycles. The third-order valence-corrected chi connectivity index (χ3v) is 5.68. The Bertz CT molecular complexity index is 882. The molecule has 0 unspecified atom stereocenters. The van der Waals surface area contributed by atoms with Crippen LogP contribution in [0.4, 0.5) is 0 Å². The van der Waals surface area contributed by atoms with Crippen molar-refractivity contribution >= 4 is 11.8 Å². The van der Waals surface area contributed by atoms with Crippen LogP contribution in [0.1, 0.15) is 48.7 Å². The van der Waals surface area contributed by atoms with E-state index >= 15 is 0 Å². The molecule has 1 saturated carbocycles. The van der Waals surface area contributed by atoms with E-state index in [2.05, 4.69) is 6.92 Å². The molecule has 31 heavy (non-hydrogen) atoms. The number of methoxy groups -OCH3 is 2. The lowest BCUT2D eigenvalue weighted by Gasteiger charge is -2.28. The lowest BCUT2D eigenvalue weighted by Crippen LogP contribution is -2.44. The Morgan fingerprint density at radius 2 is 1.81 bits per heavy atom. The fourth-order valence-electron chi connectivity index (χ4n) is 3.61. The largest absolute Gasteiger partial charge is 0.497 e. The second kappa shape index (κ2) is 10.4. The van der Waals surface area contributed by atoms with Gasteiger partial charge in [-0.3, -0.25) is 9.59 Å². The lowest BCUT2D eigenvalue weighted by atomic mass is 10.1. The molecule has 0 N–H and O–H groups in total. The summed E-state index contributed by atoms with van der Waals surface area (Å²) in [6, 6.07) is 9.40. The summed E-state index contributed by atoms with van der Waals surface area (Å²) in [6.45, 7) is 3.24. The summed E-state index contributed by atoms with van der Waals surface area (Å²) in [5, 5.41) is 0. The molecule has 0 atom stereocenters. The first-order chi connectivity index (χ1) is 15.0. The highest BCUT2D eigenvalue weighted by Gasteiger charge is 2.34. The van der Waals surface area contributed by atoms with Gasteiger partial charge in [0.05, 0.1) is 20.8 Å². The van der Waals surface area contributed by atoms with Gasteiger partial charge < -0.3 is 23.8 Å². The zero-order chi connectivity index (χ0) is 22.4. The number of carbonyl (C=O) groups excluding carboxylic acids is 2. The topological polar surface area (TPSA) is 64.0 Å². The van der Waals surface area contributed by atoms with Crippen molar-refractivity contribution in [1.29, 1.82) is 0 Å². The molecule has 3 rings (SSSR count). The summed E-state index contributed by atoms with van der Waals surface area (Å²) < 4.78 is 12.7. The number of nitrogens with zero attached hydrogens (tertiary/aromatic N) is 3. The summed E-state index contributed by atoms with van der Waals surface area (Å²) in [5.41, 5.74) is 1.55. The molecule has 0 radical (unpaired) electrons. The molecule has 0 spiro atoms. The van der Waals surface area contributed by atoms with Crippen LogP contribution < -0.4 is 9.47 Å². The van der Waals surface area contributed by atoms with Gasteiger partial charge in [-0.05, 0) is 43.5 Å². The van der Waals surface area contributed by atoms with Crippen molar-refractivity contribution in [2.75, 3.05) is 27.3 Å². The number of carbonyl (C=O) groups is 2. The molecule has 7 nitrogen and oxygen atoms in total. The quantitative estimate of drug-likeness (QED) is 0.551. The zero-order valence-electron chi connectivity index (χ0n) is 19.0. The van der Waals surface area contributed by atoms with Gasteiger partial charge in [0.25, 0.3) is 5.91 Å². The molecule has 0 bridgehead atoms. The Morgan fingerprint density at radius 1 is 1.13 bits per heavy atom. The number of aryl methyl sites for hydroxylation is 1. The molecule has 2 amide bonds. The summed E-state index contributed by atoms with van der Waals surface area (Å²) in [7, 11) is 5.09. The second-order valence-electron chi connectivity index (χ2n) is 8.04. The Labute approximate surface area is 184 Å². The molecule has 0 saturated heterocycles. The van der Waals surface area contributed by atoms with E-state index in [1.807, 2.05) is 34.8 Å². The molecule has 1 aromatic heterocycles. The first kappa shape index (κ1) is 22.7. The van der Waals surface area contributed by atoms with E-state index in [4.69, 9.17) is 9.47 Å². The highest BCUT2D eigenvalue weighted by atomic mass is 16.5. The summed E-state index contributed by atoms with van der Waals surface area (Å²) in [4.78, 5) is 30.2. The molecular formula is C24H33N3O4. The van der Waals surface area contributed by atoms with E-state index in [9.17, 15) is 9.59 Å². The number of hydrogen-bond donors (Lipinski definition) is 0. The predicted molar refractivity (Wildman–Crippen MR) is 119 cm³/mol. The number of aromatic nitrogens is 1. The van der Waals surface area contributed by atoms with Gasteiger partial charge in [0.2, 0.25) is 5.91 Å². The van der Waals surface area contributed by atoms with Gasteiger partial charge in [0.15, 0.2) is 0 Å². The van der Waals surface area contributed by atoms with Crippen LogP contribution in [-0.4, -0.2) is 59.5 Å². The van der Waals surface area contributed by atoms with Crippen LogP contribution in [0, 0.1) is 0 Å². The lowest BCUT2D eigenvalue weighted by molar-refractivity contribution is -0.133. The van der Waals surface area contributed by atoms with Crippen molar-refractivity contribution in [3.8, 4) is 11.5 Å². The van der Waals surface area contributed by atoms with Gasteiger partial charge in [-0.25, -0.2) is 0 Å². The number of rotatable bonds is 11. The van der Waals surface area contributed by atoms with E-state index in [-0.39, 0.29) is 24.4 Å². The first-order valence-electron chi connectivity index (χ1n) is 10.9. The fourth-order valence-corrected chi connectivity index (χ4v) is 3.61. The number of amides is 2. The Morgan fingerprint density at radius 3 is 2.32 bits per heavy atom. The molecule has 1 aliphatic carbocycles. The van der Waals surface area contributed by atoms with Crippen molar-refractivity contribution in [2.45, 2.75) is 45.2 Å². The van der Waals surface area contributed by atoms with Crippen LogP contribution in [0.2, 0.25) is 0 Å². The fraction of sp³-hybridized carbons (Fsp3) is 0.500. The van der Waals surface area contributed by atoms with Gasteiger partial charge in [0.1, 0.15) is 18.0 Å². The highest BCUT2D eigenvalue weighted by Crippen LogP contribution is 2.29. The first-order valence-corrected chi connectivity index (χ1v) is 10.9. The van der Waals surface area contributed by atoms with E-state index in [0.29, 0.717) is 30.2 Å². The van der Waals surface area contributed by atoms with Crippen molar-refractivity contribution in [3.63, 3.8) is 0 Å². The SMILES string of the molecule is CCCCN(CC(=O)N(Cc1cccn1C)C1CC1)C(=O)c1cc(OC)cc(OC)c1. The Balaban J connectivity index is 1.79. The van der Waals surface area contributed by atoms with Gasteiger partial charge in [-0.2, -0.15) is 0 Å². The van der Waals surface area contributed by atoms with Gasteiger partial charge in [-0.15, -0.1) is 0 Å². The number of unbranched alkanes of at least 4 members (excludes halogenated alkanes) is 1. The smallest absolute Gasteiger partial charge is 0.254 e. The summed E-state index contributed by atoms with van der Waals surface area (Å²) >= 11 is 0. The minimum atomic E-state index is -0.186. The molecule has 7 heteroatoms. The normalized spacial score (nSPS) is 13.0. The van der Waals surface area contributed by atoms with Crippen molar-refractivity contribution in [1.82, 2.24) is 14.4 Å². The number of ether oxygens (including phenoxy) is 2. The zero-order valence-corrected chi connectivity index (χ0v) is 19.0. The van der Waals surface area contributed by atoms with Crippen LogP contribution in [0.5, 0.6) is 11.5 Å². The second-order valence-corrected chi connectivity index (χ2v) is 8.04. The summed E-state index contributed by atoms with van der Waals surface area (Å²) in [6.07, 6.45) is 5.80.